The molecule has 0 bridgehead atoms. The molecule has 1 aliphatic heterocycles. The lowest BCUT2D eigenvalue weighted by Gasteiger charge is -2.24. The van der Waals surface area contributed by atoms with Gasteiger partial charge in [-0.2, -0.15) is 0 Å². The van der Waals surface area contributed by atoms with Crippen LogP contribution < -0.4 is 4.90 Å². The van der Waals surface area contributed by atoms with Crippen molar-refractivity contribution in [3.63, 3.8) is 0 Å². The highest BCUT2D eigenvalue weighted by Crippen LogP contribution is 2.52. The Kier molecular flexibility index (Phi) is 6.34. The van der Waals surface area contributed by atoms with Crippen LogP contribution in [0.2, 0.25) is 10.0 Å². The highest BCUT2D eigenvalue weighted by Gasteiger charge is 2.51. The number of halogens is 3. The number of ether oxygens (including phenoxy) is 1. The number of thiazole rings is 1. The van der Waals surface area contributed by atoms with E-state index in [1.165, 1.54) is 17.4 Å². The van der Waals surface area contributed by atoms with Crippen LogP contribution in [0.4, 0.5) is 9.52 Å². The minimum absolute atomic E-state index is 0.0239. The van der Waals surface area contributed by atoms with Crippen molar-refractivity contribution in [2.75, 3.05) is 18.0 Å². The van der Waals surface area contributed by atoms with E-state index in [0.29, 0.717) is 44.4 Å². The Morgan fingerprint density at radius 3 is 2.77 bits per heavy atom. The van der Waals surface area contributed by atoms with Gasteiger partial charge in [0.1, 0.15) is 17.0 Å². The summed E-state index contributed by atoms with van der Waals surface area (Å²) in [7, 11) is 0. The summed E-state index contributed by atoms with van der Waals surface area (Å²) >= 11 is 14.4. The van der Waals surface area contributed by atoms with Crippen LogP contribution in [0, 0.1) is 17.2 Å². The molecule has 2 saturated carbocycles. The number of rotatable bonds is 7. The molecule has 2 aliphatic carbocycles. The van der Waals surface area contributed by atoms with Gasteiger partial charge in [-0.15, -0.1) is 0 Å². The van der Waals surface area contributed by atoms with Crippen LogP contribution >= 0.6 is 34.5 Å². The molecule has 1 saturated heterocycles. The van der Waals surface area contributed by atoms with Crippen LogP contribution in [0.5, 0.6) is 0 Å². The Balaban J connectivity index is 1.07. The molecule has 7 rings (SSSR count). The fourth-order valence-electron chi connectivity index (χ4n) is 6.38. The number of fused-ring (bicyclic) bond motifs is 2. The second-order valence-electron chi connectivity index (χ2n) is 11.5. The molecule has 0 amide bonds. The third kappa shape index (κ3) is 4.47. The number of anilines is 1. The van der Waals surface area contributed by atoms with E-state index in [4.69, 9.17) is 32.5 Å². The minimum atomic E-state index is -1.15. The van der Waals surface area contributed by atoms with Crippen LogP contribution in [0.3, 0.4) is 0 Å². The maximum Gasteiger partial charge on any atom is 0.335 e. The third-order valence-electron chi connectivity index (χ3n) is 8.60. The number of aromatic carboxylic acids is 1. The second kappa shape index (κ2) is 9.69. The molecule has 4 aromatic rings. The van der Waals surface area contributed by atoms with E-state index in [1.807, 2.05) is 6.07 Å². The van der Waals surface area contributed by atoms with E-state index in [1.54, 1.807) is 12.1 Å². The summed E-state index contributed by atoms with van der Waals surface area (Å²) in [6.07, 6.45) is 4.03. The van der Waals surface area contributed by atoms with Crippen LogP contribution in [0.15, 0.2) is 34.9 Å². The Hall–Kier alpha value is -2.72. The Morgan fingerprint density at radius 1 is 1.30 bits per heavy atom. The van der Waals surface area contributed by atoms with Gasteiger partial charge in [0.15, 0.2) is 10.9 Å². The van der Waals surface area contributed by atoms with Crippen LogP contribution in [-0.2, 0) is 11.3 Å². The molecule has 3 atom stereocenters. The molecule has 0 radical (unpaired) electrons. The smallest absolute Gasteiger partial charge is 0.335 e. The molecule has 0 unspecified atom stereocenters. The average Bonchev–Trinajstić information content (AvgIpc) is 3.22. The van der Waals surface area contributed by atoms with Crippen molar-refractivity contribution >= 4 is 55.9 Å². The summed E-state index contributed by atoms with van der Waals surface area (Å²) in [6, 6.07) is 7.94. The molecule has 2 aromatic heterocycles. The number of hydrogen-bond donors (Lipinski definition) is 1. The topological polar surface area (TPSA) is 88.7 Å². The first-order valence-corrected chi connectivity index (χ1v) is 14.9. The summed E-state index contributed by atoms with van der Waals surface area (Å²) in [5.41, 5.74) is 2.44. The van der Waals surface area contributed by atoms with Crippen molar-refractivity contribution in [1.82, 2.24) is 10.1 Å². The molecule has 3 aliphatic rings. The Bertz CT molecular complexity index is 1630. The molecule has 0 spiro atoms. The van der Waals surface area contributed by atoms with Crippen LogP contribution in [0.25, 0.3) is 21.5 Å². The molecule has 1 N–H and O–H groups in total. The van der Waals surface area contributed by atoms with Crippen molar-refractivity contribution in [2.24, 2.45) is 11.3 Å². The van der Waals surface area contributed by atoms with Crippen molar-refractivity contribution in [2.45, 2.75) is 51.2 Å². The van der Waals surface area contributed by atoms with Gasteiger partial charge in [-0.3, -0.25) is 0 Å². The maximum atomic E-state index is 14.5. The van der Waals surface area contributed by atoms with Gasteiger partial charge >= 0.3 is 5.97 Å². The zero-order valence-electron chi connectivity index (χ0n) is 21.6. The number of carboxylic acid groups (broad SMARTS) is 1. The Morgan fingerprint density at radius 2 is 2.08 bits per heavy atom. The predicted molar refractivity (Wildman–Crippen MR) is 152 cm³/mol. The summed E-state index contributed by atoms with van der Waals surface area (Å²) < 4.78 is 27.4. The first kappa shape index (κ1) is 26.2. The number of hydrogen-bond acceptors (Lipinski definition) is 7. The number of carbonyl (C=O) groups is 1. The van der Waals surface area contributed by atoms with Gasteiger partial charge in [0.25, 0.3) is 0 Å². The maximum absolute atomic E-state index is 14.5. The predicted octanol–water partition coefficient (Wildman–Crippen LogP) is 7.79. The Labute approximate surface area is 243 Å². The van der Waals surface area contributed by atoms with Crippen LogP contribution in [0.1, 0.15) is 60.2 Å². The zero-order chi connectivity index (χ0) is 27.8. The highest BCUT2D eigenvalue weighted by molar-refractivity contribution is 7.22. The summed E-state index contributed by atoms with van der Waals surface area (Å²) in [5, 5.41) is 15.4. The summed E-state index contributed by atoms with van der Waals surface area (Å²) in [5.74, 6) is -0.126. The molecule has 3 heterocycles. The third-order valence-corrected chi connectivity index (χ3v) is 10.3. The lowest BCUT2D eigenvalue weighted by Crippen LogP contribution is -2.26. The normalized spacial score (nSPS) is 24.2. The van der Waals surface area contributed by atoms with Crippen molar-refractivity contribution in [3.8, 4) is 11.3 Å². The van der Waals surface area contributed by atoms with Gasteiger partial charge in [-0.1, -0.05) is 52.7 Å². The van der Waals surface area contributed by atoms with Crippen molar-refractivity contribution in [1.29, 1.82) is 0 Å². The SMILES string of the molecule is C[C@]12C[C@H](OCc3c(-c4c(Cl)cccc4Cl)noc3C3CC3)C[C@H]1CN(c1nc3c(F)cc(C(=O)O)cc3s1)C2. The largest absolute Gasteiger partial charge is 0.478 e. The fourth-order valence-corrected chi connectivity index (χ4v) is 7.99. The molecule has 7 nitrogen and oxygen atoms in total. The standard InChI is InChI=1S/C29H26Cl2FN3O4S/c1-29-10-17(38-12-18-24(34-39-26(18)14-5-6-14)23-19(30)3-2-4-20(23)31)9-16(29)11-35(13-29)28-33-25-21(32)7-15(27(36)37)8-22(25)40-28/h2-4,7-8,14,16-17H,5-6,9-13H2,1H3,(H,36,37)/t16-,17+,29+/m0/s1. The van der Waals surface area contributed by atoms with Crippen LogP contribution in [-0.4, -0.2) is 40.4 Å². The number of aromatic nitrogens is 2. The quantitative estimate of drug-likeness (QED) is 0.231. The molecule has 3 fully saturated rings. The molecular formula is C29H26Cl2FN3O4S. The molecule has 2 aromatic carbocycles. The van der Waals surface area contributed by atoms with Gasteiger partial charge in [0, 0.05) is 30.1 Å². The number of benzene rings is 2. The van der Waals surface area contributed by atoms with Gasteiger partial charge in [0.05, 0.1) is 33.0 Å². The van der Waals surface area contributed by atoms with E-state index in [-0.39, 0.29) is 22.6 Å². The zero-order valence-corrected chi connectivity index (χ0v) is 24.0. The van der Waals surface area contributed by atoms with Crippen molar-refractivity contribution in [3.05, 3.63) is 63.1 Å². The lowest BCUT2D eigenvalue weighted by molar-refractivity contribution is 0.0368. The number of nitrogens with zero attached hydrogens (tertiary/aromatic N) is 3. The highest BCUT2D eigenvalue weighted by atomic mass is 35.5. The molecular weight excluding hydrogens is 576 g/mol. The van der Waals surface area contributed by atoms with Gasteiger partial charge < -0.3 is 19.3 Å². The fraction of sp³-hybridized carbons (Fsp3) is 0.414. The number of carboxylic acids is 1. The van der Waals surface area contributed by atoms with Gasteiger partial charge in [-0.05, 0) is 61.3 Å². The molecule has 208 valence electrons. The first-order chi connectivity index (χ1) is 19.2. The molecule has 40 heavy (non-hydrogen) atoms. The van der Waals surface area contributed by atoms with E-state index in [9.17, 15) is 14.3 Å². The lowest BCUT2D eigenvalue weighted by atomic mass is 9.83. The van der Waals surface area contributed by atoms with E-state index >= 15 is 0 Å². The van der Waals surface area contributed by atoms with E-state index < -0.39 is 11.8 Å². The molecule has 11 heteroatoms. The monoisotopic (exact) mass is 601 g/mol. The van der Waals surface area contributed by atoms with Crippen molar-refractivity contribution < 1.29 is 23.6 Å². The van der Waals surface area contributed by atoms with Gasteiger partial charge in [0.2, 0.25) is 0 Å². The van der Waals surface area contributed by atoms with E-state index in [2.05, 4.69) is 22.0 Å². The average molecular weight is 603 g/mol. The first-order valence-electron chi connectivity index (χ1n) is 13.3. The minimum Gasteiger partial charge on any atom is -0.478 e. The summed E-state index contributed by atoms with van der Waals surface area (Å²) in [6.45, 7) is 4.24. The van der Waals surface area contributed by atoms with E-state index in [0.717, 1.165) is 61.3 Å². The second-order valence-corrected chi connectivity index (χ2v) is 13.3. The summed E-state index contributed by atoms with van der Waals surface area (Å²) in [4.78, 5) is 18.1. The van der Waals surface area contributed by atoms with Gasteiger partial charge in [-0.25, -0.2) is 14.2 Å².